The Kier molecular flexibility index (Phi) is 4.62. The summed E-state index contributed by atoms with van der Waals surface area (Å²) in [5, 5.41) is 11.7. The van der Waals surface area contributed by atoms with Gasteiger partial charge >= 0.3 is 0 Å². The zero-order chi connectivity index (χ0) is 20.4. The van der Waals surface area contributed by atoms with Crippen LogP contribution < -0.4 is 5.56 Å². The second-order valence-corrected chi connectivity index (χ2v) is 6.27. The molecule has 0 saturated heterocycles. The number of rotatable bonds is 5. The molecule has 0 saturated carbocycles. The molecule has 4 aromatic rings. The van der Waals surface area contributed by atoms with Crippen LogP contribution >= 0.6 is 0 Å². The van der Waals surface area contributed by atoms with E-state index in [1.165, 1.54) is 36.6 Å². The highest BCUT2D eigenvalue weighted by Gasteiger charge is 2.21. The number of pyridine rings is 1. The minimum Gasteiger partial charge on any atom is -0.465 e. The fourth-order valence-corrected chi connectivity index (χ4v) is 3.16. The van der Waals surface area contributed by atoms with E-state index in [2.05, 4.69) is 4.98 Å². The molecule has 0 aliphatic carbocycles. The summed E-state index contributed by atoms with van der Waals surface area (Å²) in [6.45, 7) is 0. The average molecular weight is 386 g/mol. The predicted octanol–water partition coefficient (Wildman–Crippen LogP) is 4.59. The Balaban J connectivity index is 2.00. The number of hydrogen-bond acceptors (Lipinski definition) is 5. The van der Waals surface area contributed by atoms with Crippen LogP contribution in [0.3, 0.4) is 0 Å². The maximum Gasteiger partial charge on any atom is 0.270 e. The topological polar surface area (TPSA) is 106 Å². The normalized spacial score (nSPS) is 11.2. The summed E-state index contributed by atoms with van der Waals surface area (Å²) in [4.78, 5) is 39.1. The first-order valence-electron chi connectivity index (χ1n) is 8.70. The van der Waals surface area contributed by atoms with Gasteiger partial charge in [-0.1, -0.05) is 30.3 Å². The van der Waals surface area contributed by atoms with Gasteiger partial charge in [-0.3, -0.25) is 19.7 Å². The number of hydrogen-bond donors (Lipinski definition) is 1. The van der Waals surface area contributed by atoms with E-state index < -0.39 is 16.3 Å². The SMILES string of the molecule is O=C(C=Cc1ccco1)c1c(-c2ccccc2)c2cc([N+](=O)[O-])ccc2[nH]c1=O. The van der Waals surface area contributed by atoms with E-state index in [9.17, 15) is 19.7 Å². The van der Waals surface area contributed by atoms with Crippen LogP contribution in [-0.4, -0.2) is 15.7 Å². The van der Waals surface area contributed by atoms with Crippen molar-refractivity contribution in [2.24, 2.45) is 0 Å². The first kappa shape index (κ1) is 18.1. The predicted molar refractivity (Wildman–Crippen MR) is 109 cm³/mol. The van der Waals surface area contributed by atoms with Gasteiger partial charge in [-0.2, -0.15) is 0 Å². The van der Waals surface area contributed by atoms with E-state index in [0.29, 0.717) is 27.8 Å². The average Bonchev–Trinajstić information content (AvgIpc) is 3.25. The zero-order valence-electron chi connectivity index (χ0n) is 15.0. The fraction of sp³-hybridized carbons (Fsp3) is 0. The van der Waals surface area contributed by atoms with Gasteiger partial charge in [-0.25, -0.2) is 0 Å². The Bertz CT molecular complexity index is 1300. The van der Waals surface area contributed by atoms with Crippen LogP contribution in [0.4, 0.5) is 5.69 Å². The number of fused-ring (bicyclic) bond motifs is 1. The zero-order valence-corrected chi connectivity index (χ0v) is 15.0. The number of nitro benzene ring substituents is 1. The Hall–Kier alpha value is -4.26. The monoisotopic (exact) mass is 386 g/mol. The highest BCUT2D eigenvalue weighted by molar-refractivity contribution is 6.15. The molecule has 7 nitrogen and oxygen atoms in total. The van der Waals surface area contributed by atoms with Crippen molar-refractivity contribution in [1.82, 2.24) is 4.98 Å². The number of allylic oxidation sites excluding steroid dienone is 1. The molecular formula is C22H14N2O5. The van der Waals surface area contributed by atoms with Crippen molar-refractivity contribution in [3.63, 3.8) is 0 Å². The number of ketones is 1. The molecular weight excluding hydrogens is 372 g/mol. The van der Waals surface area contributed by atoms with Crippen LogP contribution in [0.1, 0.15) is 16.1 Å². The van der Waals surface area contributed by atoms with Gasteiger partial charge in [0, 0.05) is 28.6 Å². The van der Waals surface area contributed by atoms with Crippen molar-refractivity contribution in [3.8, 4) is 11.1 Å². The van der Waals surface area contributed by atoms with E-state index >= 15 is 0 Å². The lowest BCUT2D eigenvalue weighted by Crippen LogP contribution is -2.18. The Morgan fingerprint density at radius 3 is 2.55 bits per heavy atom. The third-order valence-electron chi connectivity index (χ3n) is 4.46. The molecule has 2 aromatic heterocycles. The number of furan rings is 1. The summed E-state index contributed by atoms with van der Waals surface area (Å²) in [5.74, 6) is -0.0672. The highest BCUT2D eigenvalue weighted by Crippen LogP contribution is 2.32. The van der Waals surface area contributed by atoms with Crippen LogP contribution in [0, 0.1) is 10.1 Å². The molecule has 0 radical (unpaired) electrons. The summed E-state index contributed by atoms with van der Waals surface area (Å²) >= 11 is 0. The van der Waals surface area contributed by atoms with Gasteiger partial charge in [0.2, 0.25) is 0 Å². The molecule has 2 aromatic carbocycles. The molecule has 0 aliphatic heterocycles. The van der Waals surface area contributed by atoms with Crippen LogP contribution in [-0.2, 0) is 0 Å². The van der Waals surface area contributed by atoms with E-state index in [0.717, 1.165) is 0 Å². The van der Waals surface area contributed by atoms with Crippen LogP contribution in [0.2, 0.25) is 0 Å². The second-order valence-electron chi connectivity index (χ2n) is 6.27. The number of nitro groups is 1. The molecule has 0 amide bonds. The van der Waals surface area contributed by atoms with E-state index in [-0.39, 0.29) is 11.3 Å². The molecule has 0 spiro atoms. The number of H-pyrrole nitrogens is 1. The third-order valence-corrected chi connectivity index (χ3v) is 4.46. The van der Waals surface area contributed by atoms with Crippen molar-refractivity contribution in [2.45, 2.75) is 0 Å². The summed E-state index contributed by atoms with van der Waals surface area (Å²) in [5.41, 5.74) is 0.574. The van der Waals surface area contributed by atoms with Crippen molar-refractivity contribution in [1.29, 1.82) is 0 Å². The lowest BCUT2D eigenvalue weighted by atomic mass is 9.93. The lowest BCUT2D eigenvalue weighted by molar-refractivity contribution is -0.384. The summed E-state index contributed by atoms with van der Waals surface area (Å²) in [7, 11) is 0. The maximum atomic E-state index is 12.9. The van der Waals surface area contributed by atoms with Gasteiger partial charge in [-0.15, -0.1) is 0 Å². The van der Waals surface area contributed by atoms with Crippen molar-refractivity contribution in [3.05, 3.63) is 105 Å². The Morgan fingerprint density at radius 2 is 1.86 bits per heavy atom. The van der Waals surface area contributed by atoms with Crippen molar-refractivity contribution in [2.75, 3.05) is 0 Å². The number of aromatic nitrogens is 1. The number of carbonyl (C=O) groups is 1. The molecule has 0 aliphatic rings. The van der Waals surface area contributed by atoms with Gasteiger partial charge in [0.15, 0.2) is 5.78 Å². The molecule has 2 heterocycles. The minimum atomic E-state index is -0.570. The molecule has 0 unspecified atom stereocenters. The molecule has 7 heteroatoms. The van der Waals surface area contributed by atoms with Gasteiger partial charge in [0.25, 0.3) is 11.2 Å². The van der Waals surface area contributed by atoms with Crippen LogP contribution in [0.5, 0.6) is 0 Å². The summed E-state index contributed by atoms with van der Waals surface area (Å²) in [6, 6.07) is 16.3. The molecule has 4 rings (SSSR count). The molecule has 0 atom stereocenters. The van der Waals surface area contributed by atoms with E-state index in [1.807, 2.05) is 0 Å². The largest absolute Gasteiger partial charge is 0.465 e. The van der Waals surface area contributed by atoms with Crippen molar-refractivity contribution >= 4 is 28.4 Å². The minimum absolute atomic E-state index is 0.0907. The standard InChI is InChI=1S/C22H14N2O5/c25-19(11-9-16-7-4-12-29-16)21-20(14-5-2-1-3-6-14)17-13-15(24(27)28)8-10-18(17)23-22(21)26/h1-13H,(H,23,26). The summed E-state index contributed by atoms with van der Waals surface area (Å²) in [6.07, 6.45) is 4.19. The molecule has 29 heavy (non-hydrogen) atoms. The van der Waals surface area contributed by atoms with Crippen LogP contribution in [0.15, 0.2) is 82.2 Å². The van der Waals surface area contributed by atoms with Gasteiger partial charge in [0.05, 0.1) is 16.7 Å². The smallest absolute Gasteiger partial charge is 0.270 e. The Morgan fingerprint density at radius 1 is 1.07 bits per heavy atom. The second kappa shape index (κ2) is 7.40. The fourth-order valence-electron chi connectivity index (χ4n) is 3.16. The van der Waals surface area contributed by atoms with Gasteiger partial charge in [-0.05, 0) is 35.9 Å². The first-order valence-corrected chi connectivity index (χ1v) is 8.70. The number of aromatic amines is 1. The third kappa shape index (κ3) is 3.49. The first-order chi connectivity index (χ1) is 14.0. The maximum absolute atomic E-state index is 12.9. The Labute approximate surface area is 164 Å². The van der Waals surface area contributed by atoms with E-state index in [4.69, 9.17) is 4.42 Å². The molecule has 0 bridgehead atoms. The number of benzene rings is 2. The number of carbonyl (C=O) groups excluding carboxylic acids is 1. The van der Waals surface area contributed by atoms with Crippen molar-refractivity contribution < 1.29 is 14.1 Å². The number of nitrogens with zero attached hydrogens (tertiary/aromatic N) is 1. The quantitative estimate of drug-likeness (QED) is 0.234. The highest BCUT2D eigenvalue weighted by atomic mass is 16.6. The van der Waals surface area contributed by atoms with Gasteiger partial charge in [0.1, 0.15) is 5.76 Å². The van der Waals surface area contributed by atoms with Crippen LogP contribution in [0.25, 0.3) is 28.1 Å². The number of non-ortho nitro benzene ring substituents is 1. The number of nitrogens with one attached hydrogen (secondary N) is 1. The molecule has 142 valence electrons. The molecule has 1 N–H and O–H groups in total. The lowest BCUT2D eigenvalue weighted by Gasteiger charge is -2.11. The molecule has 0 fully saturated rings. The van der Waals surface area contributed by atoms with E-state index in [1.54, 1.807) is 42.5 Å². The summed E-state index contributed by atoms with van der Waals surface area (Å²) < 4.78 is 5.18. The van der Waals surface area contributed by atoms with Gasteiger partial charge < -0.3 is 9.40 Å².